The highest BCUT2D eigenvalue weighted by atomic mass is 16.2. The van der Waals surface area contributed by atoms with Crippen LogP contribution in [-0.2, 0) is 11.3 Å². The molecular formula is C17H19N7O3. The number of hydrogen-bond acceptors (Lipinski definition) is 6. The lowest BCUT2D eigenvalue weighted by molar-refractivity contribution is -0.119. The van der Waals surface area contributed by atoms with Gasteiger partial charge >= 0.3 is 5.69 Å². The first-order chi connectivity index (χ1) is 13.0. The van der Waals surface area contributed by atoms with Gasteiger partial charge in [0.15, 0.2) is 0 Å². The number of aromatic nitrogens is 4. The van der Waals surface area contributed by atoms with Gasteiger partial charge < -0.3 is 9.88 Å². The highest BCUT2D eigenvalue weighted by Gasteiger charge is 2.11. The van der Waals surface area contributed by atoms with Crippen LogP contribution >= 0.6 is 0 Å². The van der Waals surface area contributed by atoms with E-state index in [9.17, 15) is 14.4 Å². The fraction of sp³-hybridized carbons (Fsp3) is 0.235. The van der Waals surface area contributed by atoms with Crippen LogP contribution in [0.4, 0.5) is 5.82 Å². The van der Waals surface area contributed by atoms with Crippen molar-refractivity contribution in [3.8, 4) is 0 Å². The van der Waals surface area contributed by atoms with E-state index in [1.54, 1.807) is 6.21 Å². The van der Waals surface area contributed by atoms with Crippen molar-refractivity contribution in [2.75, 3.05) is 11.9 Å². The second-order valence-corrected chi connectivity index (χ2v) is 5.76. The van der Waals surface area contributed by atoms with E-state index in [1.807, 2.05) is 36.2 Å². The lowest BCUT2D eigenvalue weighted by Crippen LogP contribution is -2.31. The first kappa shape index (κ1) is 18.1. The van der Waals surface area contributed by atoms with Gasteiger partial charge in [-0.3, -0.25) is 14.6 Å². The molecule has 10 heteroatoms. The third-order valence-electron chi connectivity index (χ3n) is 4.11. The fourth-order valence-electron chi connectivity index (χ4n) is 2.87. The zero-order chi connectivity index (χ0) is 19.4. The van der Waals surface area contributed by atoms with Crippen LogP contribution in [0.25, 0.3) is 10.9 Å². The van der Waals surface area contributed by atoms with Gasteiger partial charge in [-0.1, -0.05) is 18.2 Å². The van der Waals surface area contributed by atoms with E-state index in [2.05, 4.69) is 37.5 Å². The molecule has 4 N–H and O–H groups in total. The molecule has 10 nitrogen and oxygen atoms in total. The maximum Gasteiger partial charge on any atom is 0.342 e. The number of benzene rings is 1. The summed E-state index contributed by atoms with van der Waals surface area (Å²) in [4.78, 5) is 36.3. The number of hydrogen-bond donors (Lipinski definition) is 4. The zero-order valence-corrected chi connectivity index (χ0v) is 14.9. The molecule has 1 amide bonds. The third kappa shape index (κ3) is 3.78. The molecule has 0 saturated carbocycles. The van der Waals surface area contributed by atoms with Gasteiger partial charge in [0, 0.05) is 28.7 Å². The Balaban J connectivity index is 1.68. The van der Waals surface area contributed by atoms with Gasteiger partial charge in [-0.2, -0.15) is 5.10 Å². The molecule has 0 saturated heterocycles. The van der Waals surface area contributed by atoms with Crippen molar-refractivity contribution < 1.29 is 4.79 Å². The number of anilines is 1. The van der Waals surface area contributed by atoms with Crippen molar-refractivity contribution in [1.82, 2.24) is 25.2 Å². The highest BCUT2D eigenvalue weighted by molar-refractivity contribution is 6.01. The molecule has 1 aromatic carbocycles. The van der Waals surface area contributed by atoms with Crippen LogP contribution in [0, 0.1) is 6.92 Å². The summed E-state index contributed by atoms with van der Waals surface area (Å²) in [5, 5.41) is 13.2. The van der Waals surface area contributed by atoms with Crippen molar-refractivity contribution in [2.45, 2.75) is 20.4 Å². The van der Waals surface area contributed by atoms with Crippen molar-refractivity contribution in [3.63, 3.8) is 0 Å². The predicted octanol–water partition coefficient (Wildman–Crippen LogP) is 0.303. The van der Waals surface area contributed by atoms with Crippen LogP contribution in [0.3, 0.4) is 0 Å². The van der Waals surface area contributed by atoms with Crippen molar-refractivity contribution >= 4 is 28.8 Å². The summed E-state index contributed by atoms with van der Waals surface area (Å²) in [6, 6.07) is 7.99. The van der Waals surface area contributed by atoms with Crippen LogP contribution in [-0.4, -0.2) is 38.4 Å². The van der Waals surface area contributed by atoms with Gasteiger partial charge in [-0.15, -0.1) is 5.10 Å². The first-order valence-electron chi connectivity index (χ1n) is 8.34. The molecule has 3 aromatic rings. The number of nitrogens with one attached hydrogen (secondary N) is 4. The molecule has 0 unspecified atom stereocenters. The molecule has 2 aromatic heterocycles. The summed E-state index contributed by atoms with van der Waals surface area (Å²) < 4.78 is 2.17. The topological polar surface area (TPSA) is 137 Å². The van der Waals surface area contributed by atoms with Gasteiger partial charge in [0.05, 0.1) is 12.8 Å². The average molecular weight is 369 g/mol. The Bertz CT molecular complexity index is 1120. The van der Waals surface area contributed by atoms with E-state index in [1.165, 1.54) is 0 Å². The molecule has 0 aliphatic carbocycles. The molecule has 0 spiro atoms. The molecule has 0 bridgehead atoms. The minimum Gasteiger partial charge on any atom is -0.355 e. The van der Waals surface area contributed by atoms with E-state index in [0.29, 0.717) is 0 Å². The van der Waals surface area contributed by atoms with Crippen LogP contribution in [0.1, 0.15) is 18.2 Å². The Hall–Kier alpha value is -3.69. The Kier molecular flexibility index (Phi) is 5.15. The molecular weight excluding hydrogens is 350 g/mol. The number of H-pyrrole nitrogens is 2. The Morgan fingerprint density at radius 2 is 2.11 bits per heavy atom. The molecule has 0 aliphatic rings. The quantitative estimate of drug-likeness (QED) is 0.366. The van der Waals surface area contributed by atoms with Gasteiger partial charge in [-0.05, 0) is 19.9 Å². The number of carbonyl (C=O) groups excluding carboxylic acids is 1. The normalized spacial score (nSPS) is 11.2. The summed E-state index contributed by atoms with van der Waals surface area (Å²) in [5.74, 6) is -0.619. The predicted molar refractivity (Wildman–Crippen MR) is 102 cm³/mol. The number of rotatable bonds is 6. The smallest absolute Gasteiger partial charge is 0.342 e. The number of aromatic amines is 2. The number of hydrazone groups is 1. The number of aryl methyl sites for hydroxylation is 1. The second kappa shape index (κ2) is 7.68. The van der Waals surface area contributed by atoms with Gasteiger partial charge in [0.1, 0.15) is 0 Å². The van der Waals surface area contributed by atoms with E-state index in [0.717, 1.165) is 28.7 Å². The Morgan fingerprint density at radius 1 is 1.33 bits per heavy atom. The summed E-state index contributed by atoms with van der Waals surface area (Å²) in [6.45, 7) is 4.68. The summed E-state index contributed by atoms with van der Waals surface area (Å²) in [6.07, 6.45) is 1.60. The fourth-order valence-corrected chi connectivity index (χ4v) is 2.87. The van der Waals surface area contributed by atoms with Crippen molar-refractivity contribution in [2.24, 2.45) is 5.10 Å². The second-order valence-electron chi connectivity index (χ2n) is 5.76. The largest absolute Gasteiger partial charge is 0.355 e. The Labute approximate surface area is 153 Å². The zero-order valence-electron chi connectivity index (χ0n) is 14.9. The van der Waals surface area contributed by atoms with Gasteiger partial charge in [0.25, 0.3) is 11.5 Å². The van der Waals surface area contributed by atoms with E-state index >= 15 is 0 Å². The monoisotopic (exact) mass is 369 g/mol. The van der Waals surface area contributed by atoms with Gasteiger partial charge in [-0.25, -0.2) is 15.3 Å². The van der Waals surface area contributed by atoms with Gasteiger partial charge in [0.2, 0.25) is 5.82 Å². The van der Waals surface area contributed by atoms with E-state index < -0.39 is 17.2 Å². The molecule has 2 heterocycles. The SMILES string of the molecule is CCn1c(C)c(/C=N/NC(=O)CNc2n[nH]c(=O)[nH]c2=O)c2ccccc21. The molecule has 0 aliphatic heterocycles. The molecule has 0 fully saturated rings. The molecule has 27 heavy (non-hydrogen) atoms. The number of nitrogens with zero attached hydrogens (tertiary/aromatic N) is 3. The summed E-state index contributed by atoms with van der Waals surface area (Å²) in [5.41, 5.74) is 4.06. The van der Waals surface area contributed by atoms with Crippen LogP contribution in [0.15, 0.2) is 39.0 Å². The summed E-state index contributed by atoms with van der Waals surface area (Å²) >= 11 is 0. The van der Waals surface area contributed by atoms with Crippen LogP contribution in [0.2, 0.25) is 0 Å². The molecule has 0 radical (unpaired) electrons. The number of fused-ring (bicyclic) bond motifs is 1. The lowest BCUT2D eigenvalue weighted by atomic mass is 10.1. The summed E-state index contributed by atoms with van der Waals surface area (Å²) in [7, 11) is 0. The molecule has 0 atom stereocenters. The number of para-hydroxylation sites is 1. The minimum absolute atomic E-state index is 0.157. The number of amides is 1. The first-order valence-corrected chi connectivity index (χ1v) is 8.34. The lowest BCUT2D eigenvalue weighted by Gasteiger charge is -2.03. The standard InChI is InChI=1S/C17H19N7O3/c1-3-24-10(2)12(11-6-4-5-7-13(11)24)8-19-21-14(25)9-18-15-16(26)20-17(27)23-22-15/h4-8H,3,9H2,1-2H3,(H,18,22)(H,21,25)(H2,20,23,26,27)/b19-8+. The van der Waals surface area contributed by atoms with Crippen LogP contribution < -0.4 is 22.0 Å². The van der Waals surface area contributed by atoms with Crippen molar-refractivity contribution in [1.29, 1.82) is 0 Å². The maximum absolute atomic E-state index is 11.9. The number of carbonyl (C=O) groups is 1. The van der Waals surface area contributed by atoms with E-state index in [4.69, 9.17) is 0 Å². The molecule has 140 valence electrons. The maximum atomic E-state index is 11.9. The molecule has 3 rings (SSSR count). The Morgan fingerprint density at radius 3 is 2.85 bits per heavy atom. The minimum atomic E-state index is -0.721. The van der Waals surface area contributed by atoms with Crippen molar-refractivity contribution in [3.05, 3.63) is 56.4 Å². The van der Waals surface area contributed by atoms with E-state index in [-0.39, 0.29) is 12.4 Å². The third-order valence-corrected chi connectivity index (χ3v) is 4.11. The highest BCUT2D eigenvalue weighted by Crippen LogP contribution is 2.24. The average Bonchev–Trinajstić information content (AvgIpc) is 2.92. The van der Waals surface area contributed by atoms with Crippen LogP contribution in [0.5, 0.6) is 0 Å².